The first kappa shape index (κ1) is 111. The first-order valence-corrected chi connectivity index (χ1v) is 45.2. The van der Waals surface area contributed by atoms with Crippen molar-refractivity contribution in [1.82, 2.24) is 21.3 Å². The molecular weight excluding hydrogens is 1690 g/mol. The molecule has 34 atom stereocenters. The number of carbonyl (C=O) groups is 6. The van der Waals surface area contributed by atoms with Crippen molar-refractivity contribution in [2.45, 2.75) is 435 Å². The molecular formula is C84H146N4O39-2. The van der Waals surface area contributed by atoms with E-state index in [0.29, 0.717) is 12.8 Å². The van der Waals surface area contributed by atoms with Crippen LogP contribution < -0.4 is 31.5 Å². The lowest BCUT2D eigenvalue weighted by molar-refractivity contribution is -0.423. The minimum absolute atomic E-state index is 0.0808. The van der Waals surface area contributed by atoms with Crippen molar-refractivity contribution in [2.75, 3.05) is 46.2 Å². The molecule has 4 amide bonds. The maximum absolute atomic E-state index is 14.3. The van der Waals surface area contributed by atoms with E-state index >= 15 is 0 Å². The summed E-state index contributed by atoms with van der Waals surface area (Å²) in [6, 6.07) is -7.24. The summed E-state index contributed by atoms with van der Waals surface area (Å²) >= 11 is 0. The summed E-state index contributed by atoms with van der Waals surface area (Å²) in [5.74, 6) is -15.9. The van der Waals surface area contributed by atoms with Gasteiger partial charge in [-0.3, -0.25) is 19.2 Å². The number of aliphatic hydroxyl groups is 19. The fourth-order valence-corrected chi connectivity index (χ4v) is 16.9. The van der Waals surface area contributed by atoms with Crippen LogP contribution in [0.15, 0.2) is 12.2 Å². The number of nitrogens with one attached hydrogen (secondary N) is 4. The van der Waals surface area contributed by atoms with Gasteiger partial charge in [-0.2, -0.15) is 0 Å². The normalized spacial score (nSPS) is 35.1. The van der Waals surface area contributed by atoms with Gasteiger partial charge in [0.2, 0.25) is 35.2 Å². The van der Waals surface area contributed by atoms with E-state index in [-0.39, 0.29) is 6.42 Å². The minimum atomic E-state index is -3.82. The number of carboxylic acid groups (broad SMARTS) is 2. The first-order valence-electron chi connectivity index (χ1n) is 45.2. The summed E-state index contributed by atoms with van der Waals surface area (Å²) in [6.07, 6.45) is -33.1. The molecule has 0 aromatic heterocycles. The Morgan fingerprint density at radius 1 is 0.433 bits per heavy atom. The summed E-state index contributed by atoms with van der Waals surface area (Å²) in [6.45, 7) is -1.17. The molecule has 6 rings (SSSR count). The van der Waals surface area contributed by atoms with E-state index in [1.165, 1.54) is 102 Å². The second-order valence-corrected chi connectivity index (χ2v) is 34.2. The number of ether oxygens (including phenoxy) is 12. The molecule has 0 spiro atoms. The van der Waals surface area contributed by atoms with Crippen molar-refractivity contribution in [1.29, 1.82) is 0 Å². The summed E-state index contributed by atoms with van der Waals surface area (Å²) < 4.78 is 71.8. The van der Waals surface area contributed by atoms with Crippen molar-refractivity contribution in [3.63, 3.8) is 0 Å². The second-order valence-electron chi connectivity index (χ2n) is 34.2. The predicted molar refractivity (Wildman–Crippen MR) is 435 cm³/mol. The molecule has 43 heteroatoms. The van der Waals surface area contributed by atoms with Gasteiger partial charge < -0.3 is 195 Å². The van der Waals surface area contributed by atoms with Crippen LogP contribution in [0.3, 0.4) is 0 Å². The van der Waals surface area contributed by atoms with Crippen LogP contribution in [0.1, 0.15) is 227 Å². The minimum Gasteiger partial charge on any atom is -0.544 e. The van der Waals surface area contributed by atoms with Crippen molar-refractivity contribution in [3.8, 4) is 0 Å². The number of carboxylic acids is 2. The zero-order valence-corrected chi connectivity index (χ0v) is 73.5. The van der Waals surface area contributed by atoms with Crippen LogP contribution in [0.5, 0.6) is 0 Å². The standard InChI is InChI=1S/C84H148N4O39/c1-6-8-10-12-14-16-18-20-21-23-25-27-29-31-33-35-58(102)88-48(49(98)34-32-30-28-26-24-22-19-17-15-13-11-9-7-2)44-116-78-69(110)67(108)71(56(42-93)119-78)121-80-70(111)76(72(57(43-94)120-80)122-77-61(87-47(5)97)73(64(105)54(40-91)117-77)123-79-68(109)66(107)63(104)53(39-90)118-79)127-84(82(114)115)37-51(100)60(86-46(4)96)75(126-84)65(106)55(41-92)124-83(81(112)113)36-50(99)59(85-45(3)95)74(125-83)62(103)52(101)38-89/h32,34,48-57,59-80,89-94,98-101,103-111H,6-31,33,35-44H2,1-5H3,(H,85,95)(H,86,96)(H,87,97)(H,88,102)(H,112,113)(H,114,115)/p-2/b34-32+/t48-,49+,50-,51-,52+,53+,54+,55+,56+,57+,59+,60+,61+,62+,63-,64-,65+,66-,67+,68+,69+,70+,71+,72-,73+,74+,75+,76+,77-,78+,79-,80-,83+,84-/m0/s1. The van der Waals surface area contributed by atoms with Gasteiger partial charge in [0.15, 0.2) is 25.2 Å². The first-order chi connectivity index (χ1) is 60.6. The van der Waals surface area contributed by atoms with Crippen molar-refractivity contribution in [3.05, 3.63) is 12.2 Å². The van der Waals surface area contributed by atoms with E-state index in [9.17, 15) is 136 Å². The predicted octanol–water partition coefficient (Wildman–Crippen LogP) is -6.54. The highest BCUT2D eigenvalue weighted by atomic mass is 16.8. The Morgan fingerprint density at radius 2 is 0.843 bits per heavy atom. The summed E-state index contributed by atoms with van der Waals surface area (Å²) in [7, 11) is 0. The highest BCUT2D eigenvalue weighted by molar-refractivity contribution is 5.77. The number of allylic oxidation sites excluding steroid dienone is 1. The van der Waals surface area contributed by atoms with E-state index in [1.807, 2.05) is 0 Å². The average molecular weight is 1840 g/mol. The van der Waals surface area contributed by atoms with Crippen LogP contribution in [-0.4, -0.2) is 386 Å². The molecule has 6 aliphatic rings. The Hall–Kier alpha value is -4.68. The summed E-state index contributed by atoms with van der Waals surface area (Å²) in [4.78, 5) is 80.0. The third-order valence-electron chi connectivity index (χ3n) is 24.1. The number of unbranched alkanes of at least 4 members (excludes halogenated alkanes) is 25. The summed E-state index contributed by atoms with van der Waals surface area (Å²) in [5, 5.41) is 252. The van der Waals surface area contributed by atoms with Crippen LogP contribution in [-0.2, 0) is 85.6 Å². The zero-order valence-electron chi connectivity index (χ0n) is 73.5. The molecule has 6 saturated heterocycles. The number of aliphatic hydroxyl groups excluding tert-OH is 19. The maximum atomic E-state index is 14.3. The molecule has 0 aromatic carbocycles. The van der Waals surface area contributed by atoms with Crippen LogP contribution in [0.2, 0.25) is 0 Å². The van der Waals surface area contributed by atoms with Gasteiger partial charge in [0.1, 0.15) is 146 Å². The van der Waals surface area contributed by atoms with Crippen LogP contribution in [0.25, 0.3) is 0 Å². The monoisotopic (exact) mass is 1830 g/mol. The maximum Gasteiger partial charge on any atom is 0.220 e. The molecule has 23 N–H and O–H groups in total. The SMILES string of the molecule is CCCCCCCCCCCCC/C=C/[C@@H](O)[C@H](CO[C@@H]1O[C@H](CO)[C@@H](O[C@@H]2O[C@H](CO)[C@H](O[C@@H]3O[C@H](CO)[C@H](O)[C@H](O[C@@H]4O[C@H](CO)[C@H](O)[C@H](O)[C@H]4O)[C@H]3NC(C)=O)[C@H](O[C@]3(C(=O)[O-])C[C@H](O)[C@@H](NC(C)=O)[C@H]([C@H](O)[C@@H](CO)O[C@]4(C(=O)[O-])C[C@H](O)[C@@H](NC(C)=O)[C@H]([C@H](O)[C@H](O)CO)O4)O3)[C@H]2O)[C@H](O)[C@H]1O)NC(=O)CCCCCCCCCCCCCCCCC. The Morgan fingerprint density at radius 3 is 1.33 bits per heavy atom. The molecule has 738 valence electrons. The quantitative estimate of drug-likeness (QED) is 0.0199. The molecule has 0 aromatic rings. The van der Waals surface area contributed by atoms with Gasteiger partial charge in [-0.1, -0.05) is 180 Å². The molecule has 0 radical (unpaired) electrons. The molecule has 127 heavy (non-hydrogen) atoms. The Labute approximate surface area is 740 Å². The fourth-order valence-electron chi connectivity index (χ4n) is 16.9. The number of hydrogen-bond acceptors (Lipinski definition) is 39. The largest absolute Gasteiger partial charge is 0.544 e. The molecule has 6 fully saturated rings. The Kier molecular flexibility index (Phi) is 49.4. The van der Waals surface area contributed by atoms with Crippen molar-refractivity contribution in [2.24, 2.45) is 0 Å². The smallest absolute Gasteiger partial charge is 0.220 e. The van der Waals surface area contributed by atoms with E-state index in [1.54, 1.807) is 6.08 Å². The van der Waals surface area contributed by atoms with Crippen LogP contribution in [0, 0.1) is 0 Å². The third-order valence-corrected chi connectivity index (χ3v) is 24.1. The van der Waals surface area contributed by atoms with Gasteiger partial charge in [0.25, 0.3) is 0 Å². The molecule has 43 nitrogen and oxygen atoms in total. The highest BCUT2D eigenvalue weighted by Gasteiger charge is 2.62. The van der Waals surface area contributed by atoms with E-state index < -0.39 is 302 Å². The third kappa shape index (κ3) is 32.6. The number of carbonyl (C=O) groups excluding carboxylic acids is 6. The number of hydrogen-bond donors (Lipinski definition) is 23. The Balaban J connectivity index is 1.33. The number of rotatable bonds is 59. The van der Waals surface area contributed by atoms with E-state index in [2.05, 4.69) is 35.1 Å². The second kappa shape index (κ2) is 56.5. The summed E-state index contributed by atoms with van der Waals surface area (Å²) in [5.41, 5.74) is 0. The lowest BCUT2D eigenvalue weighted by Gasteiger charge is -2.54. The number of aliphatic carboxylic acids is 2. The number of amides is 4. The Bertz CT molecular complexity index is 3200. The van der Waals surface area contributed by atoms with Gasteiger partial charge in [-0.25, -0.2) is 0 Å². The molecule has 6 aliphatic heterocycles. The van der Waals surface area contributed by atoms with Gasteiger partial charge in [-0.05, 0) is 19.3 Å². The topological polar surface area (TPSA) is 692 Å². The molecule has 0 unspecified atom stereocenters. The van der Waals surface area contributed by atoms with Gasteiger partial charge in [0.05, 0.1) is 82.7 Å². The molecule has 0 saturated carbocycles. The van der Waals surface area contributed by atoms with Crippen molar-refractivity contribution < 1.29 is 193 Å². The van der Waals surface area contributed by atoms with Gasteiger partial charge >= 0.3 is 0 Å². The lowest BCUT2D eigenvalue weighted by atomic mass is 9.87. The van der Waals surface area contributed by atoms with Crippen molar-refractivity contribution >= 4 is 35.6 Å². The molecule has 0 bridgehead atoms. The molecule has 0 aliphatic carbocycles. The lowest BCUT2D eigenvalue weighted by Crippen LogP contribution is -2.74. The average Bonchev–Trinajstić information content (AvgIpc) is 0.742. The van der Waals surface area contributed by atoms with E-state index in [4.69, 9.17) is 56.8 Å². The zero-order chi connectivity index (χ0) is 93.8. The van der Waals surface area contributed by atoms with Crippen LogP contribution in [0.4, 0.5) is 0 Å². The fraction of sp³-hybridized carbons (Fsp3) is 0.905. The highest BCUT2D eigenvalue weighted by Crippen LogP contribution is 2.43. The van der Waals surface area contributed by atoms with Gasteiger partial charge in [0, 0.05) is 40.0 Å². The van der Waals surface area contributed by atoms with Crippen LogP contribution >= 0.6 is 0 Å². The van der Waals surface area contributed by atoms with E-state index in [0.717, 1.165) is 85.0 Å². The van der Waals surface area contributed by atoms with Gasteiger partial charge in [-0.15, -0.1) is 0 Å². The molecule has 6 heterocycles.